The number of anilines is 1. The highest BCUT2D eigenvalue weighted by Crippen LogP contribution is 2.53. The predicted molar refractivity (Wildman–Crippen MR) is 90.1 cm³/mol. The summed E-state index contributed by atoms with van der Waals surface area (Å²) in [5.41, 5.74) is 0.500. The summed E-state index contributed by atoms with van der Waals surface area (Å²) in [6, 6.07) is 1.75. The second-order valence-corrected chi connectivity index (χ2v) is 8.91. The van der Waals surface area contributed by atoms with Crippen LogP contribution in [0.15, 0.2) is 10.4 Å². The minimum atomic E-state index is -2.99. The lowest BCUT2D eigenvalue weighted by molar-refractivity contribution is 0.152. The first-order valence-corrected chi connectivity index (χ1v) is 9.97. The zero-order valence-electron chi connectivity index (χ0n) is 13.3. The van der Waals surface area contributed by atoms with Crippen molar-refractivity contribution in [1.82, 2.24) is 9.97 Å². The van der Waals surface area contributed by atoms with E-state index in [1.54, 1.807) is 6.07 Å². The van der Waals surface area contributed by atoms with Gasteiger partial charge < -0.3 is 14.7 Å². The second kappa shape index (κ2) is 6.45. The smallest absolute Gasteiger partial charge is 0.439 e. The molecule has 2 fully saturated rings. The number of carboxylic acid groups (broad SMARTS) is 1. The molecule has 1 atom stereocenters. The molecule has 24 heavy (non-hydrogen) atoms. The van der Waals surface area contributed by atoms with E-state index in [2.05, 4.69) is 14.3 Å². The molecule has 132 valence electrons. The lowest BCUT2D eigenvalue weighted by Crippen LogP contribution is -2.28. The molecule has 2 heterocycles. The van der Waals surface area contributed by atoms with E-state index in [1.165, 1.54) is 6.26 Å². The van der Waals surface area contributed by atoms with Crippen LogP contribution in [-0.2, 0) is 19.2 Å². The Kier molecular flexibility index (Phi) is 4.67. The molecule has 1 unspecified atom stereocenters. The number of amides is 1. The summed E-state index contributed by atoms with van der Waals surface area (Å²) in [6.07, 6.45) is 1.94. The molecule has 1 saturated heterocycles. The van der Waals surface area contributed by atoms with Crippen molar-refractivity contribution in [3.8, 4) is 0 Å². The number of ether oxygens (including phenoxy) is 1. The Balaban J connectivity index is 2.00. The molecular formula is C14H19ClN4O4S. The summed E-state index contributed by atoms with van der Waals surface area (Å²) in [5, 5.41) is 8.96. The van der Waals surface area contributed by atoms with Crippen LogP contribution in [0, 0.1) is 0 Å². The fourth-order valence-electron chi connectivity index (χ4n) is 2.96. The van der Waals surface area contributed by atoms with Crippen molar-refractivity contribution >= 4 is 33.2 Å². The first-order valence-electron chi connectivity index (χ1n) is 7.66. The van der Waals surface area contributed by atoms with Crippen LogP contribution in [0.4, 0.5) is 10.6 Å². The van der Waals surface area contributed by atoms with Gasteiger partial charge in [0, 0.05) is 32.0 Å². The molecule has 2 aliphatic rings. The number of halogens is 1. The number of carbonyl (C=O) groups is 1. The van der Waals surface area contributed by atoms with Crippen LogP contribution >= 0.6 is 11.6 Å². The maximum Gasteiger partial charge on any atom is 0.439 e. The van der Waals surface area contributed by atoms with Gasteiger partial charge in [0.1, 0.15) is 5.82 Å². The lowest BCUT2D eigenvalue weighted by atomic mass is 10.2. The Morgan fingerprint density at radius 2 is 2.17 bits per heavy atom. The monoisotopic (exact) mass is 374 g/mol. The van der Waals surface area contributed by atoms with E-state index < -0.39 is 20.6 Å². The van der Waals surface area contributed by atoms with Gasteiger partial charge in [-0.05, 0) is 30.9 Å². The molecule has 1 N–H and O–H groups in total. The van der Waals surface area contributed by atoms with Gasteiger partial charge in [-0.3, -0.25) is 0 Å². The van der Waals surface area contributed by atoms with Crippen molar-refractivity contribution in [2.75, 3.05) is 37.5 Å². The molecule has 8 nitrogen and oxygen atoms in total. The van der Waals surface area contributed by atoms with Crippen LogP contribution in [0.2, 0.25) is 5.28 Å². The summed E-state index contributed by atoms with van der Waals surface area (Å²) in [4.78, 5) is 21.5. The summed E-state index contributed by atoms with van der Waals surface area (Å²) in [6.45, 7) is 2.76. The molecule has 10 heteroatoms. The average Bonchev–Trinajstić information content (AvgIpc) is 3.31. The molecule has 1 aliphatic heterocycles. The normalized spacial score (nSPS) is 22.3. The fraction of sp³-hybridized carbons (Fsp3) is 0.643. The fourth-order valence-corrected chi connectivity index (χ4v) is 4.96. The minimum absolute atomic E-state index is 0.0597. The van der Waals surface area contributed by atoms with E-state index in [9.17, 15) is 9.00 Å². The van der Waals surface area contributed by atoms with Gasteiger partial charge in [-0.2, -0.15) is 0 Å². The zero-order chi connectivity index (χ0) is 17.4. The van der Waals surface area contributed by atoms with E-state index >= 15 is 0 Å². The van der Waals surface area contributed by atoms with Crippen molar-refractivity contribution < 1.29 is 18.8 Å². The molecule has 1 aromatic heterocycles. The highest BCUT2D eigenvalue weighted by atomic mass is 35.5. The van der Waals surface area contributed by atoms with Crippen LogP contribution in [0.1, 0.15) is 25.0 Å². The van der Waals surface area contributed by atoms with E-state index in [0.29, 0.717) is 44.1 Å². The number of hydrogen-bond acceptors (Lipinski definition) is 6. The van der Waals surface area contributed by atoms with Gasteiger partial charge in [-0.25, -0.2) is 19.0 Å². The molecule has 1 aromatic rings. The van der Waals surface area contributed by atoms with Crippen molar-refractivity contribution in [3.05, 3.63) is 17.0 Å². The highest BCUT2D eigenvalue weighted by molar-refractivity contribution is 7.94. The Morgan fingerprint density at radius 3 is 2.83 bits per heavy atom. The summed E-state index contributed by atoms with van der Waals surface area (Å²) < 4.78 is 20.8. The number of hydrogen-bond donors (Lipinski definition) is 1. The zero-order valence-corrected chi connectivity index (χ0v) is 14.8. The number of rotatable bonds is 3. The summed E-state index contributed by atoms with van der Waals surface area (Å²) in [7, 11) is -2.99. The van der Waals surface area contributed by atoms with Crippen molar-refractivity contribution in [2.45, 2.75) is 24.0 Å². The molecule has 1 aliphatic carbocycles. The first kappa shape index (κ1) is 17.4. The van der Waals surface area contributed by atoms with Crippen LogP contribution in [0.5, 0.6) is 0 Å². The maximum atomic E-state index is 12.9. The summed E-state index contributed by atoms with van der Waals surface area (Å²) >= 11 is 6.08. The predicted octanol–water partition coefficient (Wildman–Crippen LogP) is 2.12. The van der Waals surface area contributed by atoms with E-state index in [1.807, 2.05) is 4.90 Å². The SMILES string of the molecule is CS(=O)(=NC(=O)O)C1(c2cc(N3CCCOCC3)nc(Cl)n2)CC1. The van der Waals surface area contributed by atoms with E-state index in [-0.39, 0.29) is 5.28 Å². The van der Waals surface area contributed by atoms with Gasteiger partial charge >= 0.3 is 6.09 Å². The minimum Gasteiger partial charge on any atom is -0.463 e. The maximum absolute atomic E-state index is 12.9. The van der Waals surface area contributed by atoms with Crippen molar-refractivity contribution in [1.29, 1.82) is 0 Å². The topological polar surface area (TPSA) is 105 Å². The Bertz CT molecular complexity index is 766. The Labute approximate surface area is 145 Å². The van der Waals surface area contributed by atoms with Gasteiger partial charge in [0.2, 0.25) is 5.28 Å². The third-order valence-electron chi connectivity index (χ3n) is 4.38. The third-order valence-corrected chi connectivity index (χ3v) is 7.12. The third kappa shape index (κ3) is 3.33. The first-order chi connectivity index (χ1) is 11.3. The van der Waals surface area contributed by atoms with Gasteiger partial charge in [0.25, 0.3) is 0 Å². The quantitative estimate of drug-likeness (QED) is 0.808. The van der Waals surface area contributed by atoms with Gasteiger partial charge in [-0.15, -0.1) is 4.36 Å². The van der Waals surface area contributed by atoms with Crippen LogP contribution in [0.3, 0.4) is 0 Å². The summed E-state index contributed by atoms with van der Waals surface area (Å²) in [5.74, 6) is 0.646. The Hall–Kier alpha value is -1.45. The van der Waals surface area contributed by atoms with Crippen molar-refractivity contribution in [2.24, 2.45) is 4.36 Å². The molecule has 1 saturated carbocycles. The van der Waals surface area contributed by atoms with E-state index in [4.69, 9.17) is 21.4 Å². The highest BCUT2D eigenvalue weighted by Gasteiger charge is 2.54. The number of aromatic nitrogens is 2. The van der Waals surface area contributed by atoms with Gasteiger partial charge in [0.15, 0.2) is 0 Å². The average molecular weight is 375 g/mol. The second-order valence-electron chi connectivity index (χ2n) is 6.00. The van der Waals surface area contributed by atoms with Gasteiger partial charge in [-0.1, -0.05) is 0 Å². The largest absolute Gasteiger partial charge is 0.463 e. The standard InChI is InChI=1S/C14H19ClN4O4S/c1-24(22,18-13(20)21)14(3-4-14)10-9-11(17-12(15)16-10)19-5-2-7-23-8-6-19/h9H,2-8H2,1H3,(H,20,21). The molecule has 0 radical (unpaired) electrons. The van der Waals surface area contributed by atoms with Crippen LogP contribution in [0.25, 0.3) is 0 Å². The number of nitrogens with zero attached hydrogens (tertiary/aromatic N) is 4. The molecule has 0 bridgehead atoms. The van der Waals surface area contributed by atoms with Crippen LogP contribution < -0.4 is 4.90 Å². The Morgan fingerprint density at radius 1 is 1.42 bits per heavy atom. The van der Waals surface area contributed by atoms with E-state index in [0.717, 1.165) is 13.0 Å². The van der Waals surface area contributed by atoms with Crippen LogP contribution in [-0.4, -0.2) is 57.9 Å². The van der Waals surface area contributed by atoms with Crippen molar-refractivity contribution in [3.63, 3.8) is 0 Å². The lowest BCUT2D eigenvalue weighted by Gasteiger charge is -2.23. The molecule has 0 aromatic carbocycles. The molecular weight excluding hydrogens is 356 g/mol. The van der Waals surface area contributed by atoms with Gasteiger partial charge in [0.05, 0.1) is 26.8 Å². The molecule has 1 amide bonds. The molecule has 3 rings (SSSR count). The molecule has 0 spiro atoms.